The van der Waals surface area contributed by atoms with Crippen LogP contribution in [0.25, 0.3) is 0 Å². The summed E-state index contributed by atoms with van der Waals surface area (Å²) in [6.07, 6.45) is 0.553. The van der Waals surface area contributed by atoms with Crippen LogP contribution in [-0.2, 0) is 14.6 Å². The first-order valence-corrected chi connectivity index (χ1v) is 8.39. The fraction of sp³-hybridized carbons (Fsp3) is 0.417. The van der Waals surface area contributed by atoms with E-state index in [4.69, 9.17) is 10.5 Å². The molecular formula is C12H16BrNO4S. The Labute approximate surface area is 121 Å². The van der Waals surface area contributed by atoms with Gasteiger partial charge in [0.05, 0.1) is 17.1 Å². The lowest BCUT2D eigenvalue weighted by atomic mass is 10.2. The molecule has 1 aromatic carbocycles. The van der Waals surface area contributed by atoms with Gasteiger partial charge in [-0.2, -0.15) is 0 Å². The largest absolute Gasteiger partial charge is 0.461 e. The Morgan fingerprint density at radius 2 is 2.05 bits per heavy atom. The average Bonchev–Trinajstić information content (AvgIpc) is 2.31. The molecule has 0 atom stereocenters. The van der Waals surface area contributed by atoms with Crippen LogP contribution in [-0.4, -0.2) is 32.5 Å². The molecule has 2 N–H and O–H groups in total. The summed E-state index contributed by atoms with van der Waals surface area (Å²) >= 11 is 3.21. The summed E-state index contributed by atoms with van der Waals surface area (Å²) in [6.45, 7) is 1.63. The summed E-state index contributed by atoms with van der Waals surface area (Å²) in [5.74, 6) is -0.648. The highest BCUT2D eigenvalue weighted by Gasteiger charge is 2.14. The fourth-order valence-corrected chi connectivity index (χ4v) is 3.02. The van der Waals surface area contributed by atoms with Crippen LogP contribution in [0.4, 0.5) is 5.69 Å². The molecule has 5 nitrogen and oxygen atoms in total. The molecule has 0 spiro atoms. The number of nitrogens with two attached hydrogens (primary N) is 1. The zero-order valence-electron chi connectivity index (χ0n) is 10.6. The van der Waals surface area contributed by atoms with E-state index < -0.39 is 15.8 Å². The molecule has 0 radical (unpaired) electrons. The normalized spacial score (nSPS) is 11.3. The summed E-state index contributed by atoms with van der Waals surface area (Å²) in [4.78, 5) is 11.8. The summed E-state index contributed by atoms with van der Waals surface area (Å²) in [5.41, 5.74) is 6.30. The van der Waals surface area contributed by atoms with Gasteiger partial charge in [-0.15, -0.1) is 0 Å². The second-order valence-corrected chi connectivity index (χ2v) is 7.18. The molecular weight excluding hydrogens is 334 g/mol. The van der Waals surface area contributed by atoms with Crippen LogP contribution in [0.5, 0.6) is 0 Å². The van der Waals surface area contributed by atoms with E-state index in [9.17, 15) is 13.2 Å². The number of hydrogen-bond donors (Lipinski definition) is 1. The average molecular weight is 350 g/mol. The predicted octanol–water partition coefficient (Wildman–Crippen LogP) is 2.01. The van der Waals surface area contributed by atoms with Gasteiger partial charge in [-0.1, -0.05) is 6.92 Å². The lowest BCUT2D eigenvalue weighted by Gasteiger charge is -2.07. The molecule has 0 saturated heterocycles. The SMILES string of the molecule is CCCS(=O)(=O)CCOC(=O)c1cc(N)ccc1Br. The Morgan fingerprint density at radius 3 is 2.68 bits per heavy atom. The highest BCUT2D eigenvalue weighted by atomic mass is 79.9. The van der Waals surface area contributed by atoms with Gasteiger partial charge in [0, 0.05) is 10.2 Å². The maximum Gasteiger partial charge on any atom is 0.339 e. The van der Waals surface area contributed by atoms with E-state index >= 15 is 0 Å². The number of sulfone groups is 1. The van der Waals surface area contributed by atoms with Gasteiger partial charge < -0.3 is 10.5 Å². The zero-order chi connectivity index (χ0) is 14.5. The van der Waals surface area contributed by atoms with E-state index in [1.54, 1.807) is 19.1 Å². The van der Waals surface area contributed by atoms with Crippen molar-refractivity contribution in [3.8, 4) is 0 Å². The Balaban J connectivity index is 2.59. The van der Waals surface area contributed by atoms with Crippen LogP contribution in [0.2, 0.25) is 0 Å². The van der Waals surface area contributed by atoms with E-state index in [1.165, 1.54) is 6.07 Å². The molecule has 0 aliphatic carbocycles. The summed E-state index contributed by atoms with van der Waals surface area (Å²) in [6, 6.07) is 4.76. The first-order valence-electron chi connectivity index (χ1n) is 5.78. The molecule has 0 unspecified atom stereocenters. The highest BCUT2D eigenvalue weighted by molar-refractivity contribution is 9.10. The Hall–Kier alpha value is -1.08. The smallest absolute Gasteiger partial charge is 0.339 e. The van der Waals surface area contributed by atoms with E-state index in [1.807, 2.05) is 0 Å². The Morgan fingerprint density at radius 1 is 1.37 bits per heavy atom. The Bertz CT molecular complexity index is 557. The van der Waals surface area contributed by atoms with Crippen molar-refractivity contribution < 1.29 is 17.9 Å². The van der Waals surface area contributed by atoms with Crippen LogP contribution in [0.15, 0.2) is 22.7 Å². The van der Waals surface area contributed by atoms with Crippen molar-refractivity contribution in [2.75, 3.05) is 23.8 Å². The van der Waals surface area contributed by atoms with Crippen LogP contribution in [0, 0.1) is 0 Å². The molecule has 0 bridgehead atoms. The lowest BCUT2D eigenvalue weighted by molar-refractivity contribution is 0.0528. The van der Waals surface area contributed by atoms with Crippen LogP contribution in [0.3, 0.4) is 0 Å². The van der Waals surface area contributed by atoms with Crippen molar-refractivity contribution in [2.45, 2.75) is 13.3 Å². The second-order valence-electron chi connectivity index (χ2n) is 4.03. The number of esters is 1. The summed E-state index contributed by atoms with van der Waals surface area (Å²) in [5, 5.41) is 0. The zero-order valence-corrected chi connectivity index (χ0v) is 13.0. The third-order valence-electron chi connectivity index (χ3n) is 2.35. The van der Waals surface area contributed by atoms with Gasteiger partial charge in [0.2, 0.25) is 0 Å². The van der Waals surface area contributed by atoms with Gasteiger partial charge in [0.1, 0.15) is 6.61 Å². The van der Waals surface area contributed by atoms with Crippen molar-refractivity contribution in [1.82, 2.24) is 0 Å². The maximum atomic E-state index is 11.8. The molecule has 0 fully saturated rings. The van der Waals surface area contributed by atoms with Crippen LogP contribution in [0.1, 0.15) is 23.7 Å². The fourth-order valence-electron chi connectivity index (χ4n) is 1.45. The number of halogens is 1. The number of carbonyl (C=O) groups is 1. The van der Waals surface area contributed by atoms with E-state index in [2.05, 4.69) is 15.9 Å². The minimum absolute atomic E-state index is 0.104. The van der Waals surface area contributed by atoms with Gasteiger partial charge >= 0.3 is 5.97 Å². The maximum absolute atomic E-state index is 11.8. The van der Waals surface area contributed by atoms with Crippen molar-refractivity contribution in [2.24, 2.45) is 0 Å². The number of nitrogen functional groups attached to an aromatic ring is 1. The number of ether oxygens (including phenoxy) is 1. The van der Waals surface area contributed by atoms with E-state index in [-0.39, 0.29) is 23.7 Å². The van der Waals surface area contributed by atoms with Crippen LogP contribution < -0.4 is 5.73 Å². The third-order valence-corrected chi connectivity index (χ3v) is 4.86. The highest BCUT2D eigenvalue weighted by Crippen LogP contribution is 2.20. The minimum atomic E-state index is -3.14. The topological polar surface area (TPSA) is 86.5 Å². The van der Waals surface area contributed by atoms with E-state index in [0.29, 0.717) is 16.6 Å². The number of anilines is 1. The predicted molar refractivity (Wildman–Crippen MR) is 77.8 cm³/mol. The molecule has 1 rings (SSSR count). The lowest BCUT2D eigenvalue weighted by Crippen LogP contribution is -2.18. The third kappa shape index (κ3) is 5.20. The molecule has 19 heavy (non-hydrogen) atoms. The number of hydrogen-bond acceptors (Lipinski definition) is 5. The number of rotatable bonds is 6. The van der Waals surface area contributed by atoms with Crippen LogP contribution >= 0.6 is 15.9 Å². The molecule has 106 valence electrons. The van der Waals surface area contributed by atoms with Crippen molar-refractivity contribution in [3.05, 3.63) is 28.2 Å². The molecule has 1 aromatic rings. The summed E-state index contributed by atoms with van der Waals surface area (Å²) in [7, 11) is -3.14. The molecule has 0 amide bonds. The molecule has 0 aliphatic rings. The minimum Gasteiger partial charge on any atom is -0.461 e. The van der Waals surface area contributed by atoms with Crippen molar-refractivity contribution >= 4 is 37.4 Å². The Kier molecular flexibility index (Phi) is 5.81. The molecule has 7 heteroatoms. The monoisotopic (exact) mass is 349 g/mol. The van der Waals surface area contributed by atoms with Crippen molar-refractivity contribution in [1.29, 1.82) is 0 Å². The number of carbonyl (C=O) groups excluding carboxylic acids is 1. The standard InChI is InChI=1S/C12H16BrNO4S/c1-2-6-19(16,17)7-5-18-12(15)10-8-9(14)3-4-11(10)13/h3-4,8H,2,5-7,14H2,1H3. The molecule has 0 heterocycles. The molecule has 0 aliphatic heterocycles. The van der Waals surface area contributed by atoms with Gasteiger partial charge in [-0.25, -0.2) is 13.2 Å². The van der Waals surface area contributed by atoms with Crippen molar-refractivity contribution in [3.63, 3.8) is 0 Å². The van der Waals surface area contributed by atoms with Gasteiger partial charge in [-0.3, -0.25) is 0 Å². The number of benzene rings is 1. The molecule has 0 aromatic heterocycles. The van der Waals surface area contributed by atoms with Gasteiger partial charge in [-0.05, 0) is 40.5 Å². The van der Waals surface area contributed by atoms with E-state index in [0.717, 1.165) is 0 Å². The van der Waals surface area contributed by atoms with Gasteiger partial charge in [0.15, 0.2) is 9.84 Å². The quantitative estimate of drug-likeness (QED) is 0.627. The molecule has 0 saturated carbocycles. The summed E-state index contributed by atoms with van der Waals surface area (Å²) < 4.78 is 28.4. The first kappa shape index (κ1) is 16.0. The first-order chi connectivity index (χ1) is 8.85. The van der Waals surface area contributed by atoms with Gasteiger partial charge in [0.25, 0.3) is 0 Å². The second kappa shape index (κ2) is 6.91.